The van der Waals surface area contributed by atoms with Crippen LogP contribution in [0.15, 0.2) is 18.2 Å². The van der Waals surface area contributed by atoms with Crippen molar-refractivity contribution in [3.05, 3.63) is 29.3 Å². The van der Waals surface area contributed by atoms with Gasteiger partial charge < -0.3 is 15.0 Å². The summed E-state index contributed by atoms with van der Waals surface area (Å²) < 4.78 is 5.32. The summed E-state index contributed by atoms with van der Waals surface area (Å²) in [5.74, 6) is 0.669. The zero-order valence-electron chi connectivity index (χ0n) is 12.4. The van der Waals surface area contributed by atoms with E-state index >= 15 is 0 Å². The lowest BCUT2D eigenvalue weighted by atomic mass is 9.97. The third-order valence-corrected chi connectivity index (χ3v) is 3.86. The van der Waals surface area contributed by atoms with Crippen LogP contribution in [0.1, 0.15) is 24.0 Å². The summed E-state index contributed by atoms with van der Waals surface area (Å²) >= 11 is 0. The molecule has 0 aliphatic carbocycles. The SMILES string of the molecule is CNCc1cc(C)ccc1N1CCCC(COC)C1. The second-order valence-corrected chi connectivity index (χ2v) is 5.57. The Morgan fingerprint density at radius 1 is 1.42 bits per heavy atom. The zero-order chi connectivity index (χ0) is 13.7. The fraction of sp³-hybridized carbons (Fsp3) is 0.625. The number of methoxy groups -OCH3 is 1. The first-order valence-electron chi connectivity index (χ1n) is 7.22. The Morgan fingerprint density at radius 3 is 3.00 bits per heavy atom. The normalized spacial score (nSPS) is 19.7. The smallest absolute Gasteiger partial charge is 0.0507 e. The van der Waals surface area contributed by atoms with Crippen molar-refractivity contribution in [3.8, 4) is 0 Å². The third kappa shape index (κ3) is 3.71. The van der Waals surface area contributed by atoms with E-state index < -0.39 is 0 Å². The highest BCUT2D eigenvalue weighted by Gasteiger charge is 2.21. The first-order valence-corrected chi connectivity index (χ1v) is 7.22. The maximum Gasteiger partial charge on any atom is 0.0507 e. The Balaban J connectivity index is 2.15. The van der Waals surface area contributed by atoms with Crippen LogP contribution >= 0.6 is 0 Å². The minimum atomic E-state index is 0.669. The van der Waals surface area contributed by atoms with E-state index in [9.17, 15) is 0 Å². The molecule has 1 aliphatic heterocycles. The molecule has 3 nitrogen and oxygen atoms in total. The molecule has 1 aromatic carbocycles. The molecule has 0 bridgehead atoms. The van der Waals surface area contributed by atoms with E-state index in [0.717, 1.165) is 19.7 Å². The molecule has 19 heavy (non-hydrogen) atoms. The molecule has 0 amide bonds. The van der Waals surface area contributed by atoms with Crippen molar-refractivity contribution in [2.24, 2.45) is 5.92 Å². The van der Waals surface area contributed by atoms with Crippen molar-refractivity contribution in [2.75, 3.05) is 38.8 Å². The van der Waals surface area contributed by atoms with Crippen molar-refractivity contribution in [1.82, 2.24) is 5.32 Å². The van der Waals surface area contributed by atoms with Gasteiger partial charge in [-0.05, 0) is 44.4 Å². The second kappa shape index (κ2) is 6.92. The number of piperidine rings is 1. The fourth-order valence-corrected chi connectivity index (χ4v) is 3.01. The van der Waals surface area contributed by atoms with Crippen LogP contribution in [0.2, 0.25) is 0 Å². The highest BCUT2D eigenvalue weighted by atomic mass is 16.5. The average molecular weight is 262 g/mol. The molecule has 1 fully saturated rings. The van der Waals surface area contributed by atoms with Gasteiger partial charge in [0.2, 0.25) is 0 Å². The molecule has 1 N–H and O–H groups in total. The topological polar surface area (TPSA) is 24.5 Å². The Bertz CT molecular complexity index is 404. The van der Waals surface area contributed by atoms with Crippen LogP contribution in [0.4, 0.5) is 5.69 Å². The molecule has 1 aliphatic rings. The summed E-state index contributed by atoms with van der Waals surface area (Å²) in [6.07, 6.45) is 2.55. The summed E-state index contributed by atoms with van der Waals surface area (Å²) in [6.45, 7) is 6.26. The van der Waals surface area contributed by atoms with Gasteiger partial charge in [-0.25, -0.2) is 0 Å². The van der Waals surface area contributed by atoms with Gasteiger partial charge in [0.05, 0.1) is 6.61 Å². The molecular formula is C16H26N2O. The molecule has 1 atom stereocenters. The lowest BCUT2D eigenvalue weighted by molar-refractivity contribution is 0.143. The van der Waals surface area contributed by atoms with E-state index in [1.807, 2.05) is 7.05 Å². The number of rotatable bonds is 5. The molecule has 1 heterocycles. The molecule has 0 saturated carbocycles. The number of hydrogen-bond acceptors (Lipinski definition) is 3. The first kappa shape index (κ1) is 14.4. The average Bonchev–Trinajstić information content (AvgIpc) is 2.40. The maximum atomic E-state index is 5.32. The third-order valence-electron chi connectivity index (χ3n) is 3.86. The first-order chi connectivity index (χ1) is 9.24. The molecular weight excluding hydrogens is 236 g/mol. The largest absolute Gasteiger partial charge is 0.384 e. The summed E-state index contributed by atoms with van der Waals surface area (Å²) in [4.78, 5) is 2.53. The number of anilines is 1. The van der Waals surface area contributed by atoms with Crippen molar-refractivity contribution >= 4 is 5.69 Å². The van der Waals surface area contributed by atoms with Crippen molar-refractivity contribution in [1.29, 1.82) is 0 Å². The molecule has 2 rings (SSSR count). The van der Waals surface area contributed by atoms with E-state index in [-0.39, 0.29) is 0 Å². The quantitative estimate of drug-likeness (QED) is 0.882. The van der Waals surface area contributed by atoms with Crippen molar-refractivity contribution in [3.63, 3.8) is 0 Å². The number of aryl methyl sites for hydroxylation is 1. The Morgan fingerprint density at radius 2 is 2.26 bits per heavy atom. The van der Waals surface area contributed by atoms with E-state index in [4.69, 9.17) is 4.74 Å². The minimum absolute atomic E-state index is 0.669. The van der Waals surface area contributed by atoms with Crippen LogP contribution in [-0.2, 0) is 11.3 Å². The molecule has 0 radical (unpaired) electrons. The van der Waals surface area contributed by atoms with Gasteiger partial charge in [0.15, 0.2) is 0 Å². The number of nitrogens with one attached hydrogen (secondary N) is 1. The van der Waals surface area contributed by atoms with Crippen molar-refractivity contribution < 1.29 is 4.74 Å². The number of hydrogen-bond donors (Lipinski definition) is 1. The molecule has 106 valence electrons. The molecule has 0 aromatic heterocycles. The maximum absolute atomic E-state index is 5.32. The van der Waals surface area contributed by atoms with Gasteiger partial charge in [-0.15, -0.1) is 0 Å². The van der Waals surface area contributed by atoms with Crippen LogP contribution in [0.3, 0.4) is 0 Å². The van der Waals surface area contributed by atoms with Gasteiger partial charge in [0.1, 0.15) is 0 Å². The van der Waals surface area contributed by atoms with Gasteiger partial charge in [-0.1, -0.05) is 17.7 Å². The highest BCUT2D eigenvalue weighted by molar-refractivity contribution is 5.55. The standard InChI is InChI=1S/C16H26N2O/c1-13-6-7-16(15(9-13)10-17-2)18-8-4-5-14(11-18)12-19-3/h6-7,9,14,17H,4-5,8,10-12H2,1-3H3. The van der Waals surface area contributed by atoms with Gasteiger partial charge in [-0.2, -0.15) is 0 Å². The summed E-state index contributed by atoms with van der Waals surface area (Å²) in [5, 5.41) is 3.28. The second-order valence-electron chi connectivity index (χ2n) is 5.57. The molecule has 0 spiro atoms. The van der Waals surface area contributed by atoms with Crippen LogP contribution in [0.25, 0.3) is 0 Å². The van der Waals surface area contributed by atoms with Gasteiger partial charge in [0, 0.05) is 32.4 Å². The lowest BCUT2D eigenvalue weighted by Crippen LogP contribution is -2.37. The Kier molecular flexibility index (Phi) is 5.23. The predicted octanol–water partition coefficient (Wildman–Crippen LogP) is 2.58. The Hall–Kier alpha value is -1.06. The van der Waals surface area contributed by atoms with E-state index in [2.05, 4.69) is 35.3 Å². The fourth-order valence-electron chi connectivity index (χ4n) is 3.01. The monoisotopic (exact) mass is 262 g/mol. The van der Waals surface area contributed by atoms with Crippen LogP contribution in [-0.4, -0.2) is 33.9 Å². The summed E-state index contributed by atoms with van der Waals surface area (Å²) in [6, 6.07) is 6.79. The molecule has 3 heteroatoms. The highest BCUT2D eigenvalue weighted by Crippen LogP contribution is 2.27. The van der Waals surface area contributed by atoms with E-state index in [1.54, 1.807) is 7.11 Å². The minimum Gasteiger partial charge on any atom is -0.384 e. The van der Waals surface area contributed by atoms with Gasteiger partial charge in [-0.3, -0.25) is 0 Å². The molecule has 1 saturated heterocycles. The van der Waals surface area contributed by atoms with Crippen molar-refractivity contribution in [2.45, 2.75) is 26.3 Å². The number of ether oxygens (including phenoxy) is 1. The van der Waals surface area contributed by atoms with Gasteiger partial charge in [0.25, 0.3) is 0 Å². The predicted molar refractivity (Wildman–Crippen MR) is 80.8 cm³/mol. The van der Waals surface area contributed by atoms with Gasteiger partial charge >= 0.3 is 0 Å². The zero-order valence-corrected chi connectivity index (χ0v) is 12.4. The number of benzene rings is 1. The summed E-state index contributed by atoms with van der Waals surface area (Å²) in [5.41, 5.74) is 4.13. The molecule has 1 unspecified atom stereocenters. The lowest BCUT2D eigenvalue weighted by Gasteiger charge is -2.35. The van der Waals surface area contributed by atoms with Crippen LogP contribution < -0.4 is 10.2 Å². The summed E-state index contributed by atoms with van der Waals surface area (Å²) in [7, 11) is 3.81. The number of nitrogens with zero attached hydrogens (tertiary/aromatic N) is 1. The van der Waals surface area contributed by atoms with Crippen LogP contribution in [0, 0.1) is 12.8 Å². The van der Waals surface area contributed by atoms with E-state index in [1.165, 1.54) is 36.2 Å². The van der Waals surface area contributed by atoms with Crippen LogP contribution in [0.5, 0.6) is 0 Å². The Labute approximate surface area is 116 Å². The van der Waals surface area contributed by atoms with E-state index in [0.29, 0.717) is 5.92 Å². The molecule has 1 aromatic rings.